The van der Waals surface area contributed by atoms with Crippen LogP contribution in [0.3, 0.4) is 0 Å². The quantitative estimate of drug-likeness (QED) is 0.542. The number of hydrogen-bond acceptors (Lipinski definition) is 9. The van der Waals surface area contributed by atoms with E-state index in [4.69, 9.17) is 23.7 Å². The molecule has 174 valence electrons. The first-order valence-corrected chi connectivity index (χ1v) is 10.4. The highest BCUT2D eigenvalue weighted by Gasteiger charge is 2.45. The van der Waals surface area contributed by atoms with Gasteiger partial charge >= 0.3 is 0 Å². The number of fused-ring (bicyclic) bond motifs is 1. The average Bonchev–Trinajstić information content (AvgIpc) is 2.80. The van der Waals surface area contributed by atoms with Crippen LogP contribution in [0.15, 0.2) is 36.4 Å². The Labute approximate surface area is 185 Å². The number of ether oxygens (including phenoxy) is 5. The molecule has 9 heteroatoms. The predicted octanol–water partition coefficient (Wildman–Crippen LogP) is 1.82. The van der Waals surface area contributed by atoms with E-state index in [0.717, 1.165) is 5.56 Å². The topological polar surface area (TPSA) is 127 Å². The first kappa shape index (κ1) is 22.6. The zero-order chi connectivity index (χ0) is 23.0. The lowest BCUT2D eigenvalue weighted by atomic mass is 9.93. The highest BCUT2D eigenvalue weighted by molar-refractivity contribution is 5.53. The van der Waals surface area contributed by atoms with E-state index < -0.39 is 42.9 Å². The molecular weight excluding hydrogens is 420 g/mol. The van der Waals surface area contributed by atoms with E-state index in [1.165, 1.54) is 14.2 Å². The van der Waals surface area contributed by atoms with Crippen molar-refractivity contribution in [2.75, 3.05) is 14.2 Å². The first-order valence-electron chi connectivity index (χ1n) is 10.4. The molecule has 9 nitrogen and oxygen atoms in total. The number of aromatic hydroxyl groups is 1. The monoisotopic (exact) mass is 448 g/mol. The zero-order valence-electron chi connectivity index (χ0n) is 18.0. The van der Waals surface area contributed by atoms with Gasteiger partial charge in [0, 0.05) is 18.6 Å². The number of phenols is 1. The second kappa shape index (κ2) is 9.13. The number of aliphatic hydroxyl groups excluding tert-OH is 3. The highest BCUT2D eigenvalue weighted by Crippen LogP contribution is 2.49. The summed E-state index contributed by atoms with van der Waals surface area (Å²) in [4.78, 5) is 0. The van der Waals surface area contributed by atoms with Crippen LogP contribution in [-0.2, 0) is 9.47 Å². The third-order valence-corrected chi connectivity index (χ3v) is 5.92. The molecule has 0 aliphatic carbocycles. The molecule has 2 aromatic carbocycles. The van der Waals surface area contributed by atoms with Crippen LogP contribution in [0.5, 0.6) is 23.0 Å². The van der Waals surface area contributed by atoms with E-state index in [9.17, 15) is 20.4 Å². The van der Waals surface area contributed by atoms with E-state index >= 15 is 0 Å². The Morgan fingerprint density at radius 1 is 0.938 bits per heavy atom. The summed E-state index contributed by atoms with van der Waals surface area (Å²) in [5, 5.41) is 40.3. The maximum atomic E-state index is 10.5. The van der Waals surface area contributed by atoms with Gasteiger partial charge in [0.25, 0.3) is 0 Å². The Hall–Kier alpha value is -2.56. The summed E-state index contributed by atoms with van der Waals surface area (Å²) < 4.78 is 29.0. The fourth-order valence-electron chi connectivity index (χ4n) is 4.10. The Morgan fingerprint density at radius 3 is 2.31 bits per heavy atom. The van der Waals surface area contributed by atoms with Crippen LogP contribution in [0.25, 0.3) is 0 Å². The summed E-state index contributed by atoms with van der Waals surface area (Å²) in [7, 11) is 3.06. The molecule has 0 amide bonds. The molecule has 0 radical (unpaired) electrons. The van der Waals surface area contributed by atoms with Gasteiger partial charge in [-0.1, -0.05) is 12.1 Å². The van der Waals surface area contributed by atoms with Crippen LogP contribution in [0, 0.1) is 0 Å². The second-order valence-corrected chi connectivity index (χ2v) is 7.98. The molecule has 0 bridgehead atoms. The summed E-state index contributed by atoms with van der Waals surface area (Å²) in [6.07, 6.45) is -6.70. The molecule has 2 heterocycles. The summed E-state index contributed by atoms with van der Waals surface area (Å²) >= 11 is 0. The smallest absolute Gasteiger partial charge is 0.187 e. The van der Waals surface area contributed by atoms with Crippen molar-refractivity contribution in [1.29, 1.82) is 0 Å². The largest absolute Gasteiger partial charge is 0.508 e. The van der Waals surface area contributed by atoms with Gasteiger partial charge in [0.2, 0.25) is 0 Å². The molecule has 0 aromatic heterocycles. The highest BCUT2D eigenvalue weighted by atomic mass is 16.7. The van der Waals surface area contributed by atoms with E-state index in [-0.39, 0.29) is 5.75 Å². The molecule has 1 fully saturated rings. The summed E-state index contributed by atoms with van der Waals surface area (Å²) in [6, 6.07) is 10.1. The van der Waals surface area contributed by atoms with Crippen LogP contribution in [-0.4, -0.2) is 65.4 Å². The third kappa shape index (κ3) is 4.22. The molecule has 7 atom stereocenters. The first-order chi connectivity index (χ1) is 15.3. The number of rotatable bonds is 5. The Balaban J connectivity index is 1.70. The van der Waals surface area contributed by atoms with E-state index in [1.807, 2.05) is 0 Å². The fourth-order valence-corrected chi connectivity index (χ4v) is 4.10. The minimum Gasteiger partial charge on any atom is -0.508 e. The van der Waals surface area contributed by atoms with Crippen molar-refractivity contribution in [3.8, 4) is 23.0 Å². The molecule has 0 spiro atoms. The van der Waals surface area contributed by atoms with Crippen LogP contribution in [0.1, 0.15) is 36.7 Å². The maximum Gasteiger partial charge on any atom is 0.187 e. The van der Waals surface area contributed by atoms with E-state index in [2.05, 4.69) is 0 Å². The summed E-state index contributed by atoms with van der Waals surface area (Å²) in [5.74, 6) is 1.63. The van der Waals surface area contributed by atoms with Crippen molar-refractivity contribution in [2.45, 2.75) is 56.3 Å². The molecule has 1 saturated heterocycles. The van der Waals surface area contributed by atoms with E-state index in [0.29, 0.717) is 29.2 Å². The minimum atomic E-state index is -1.44. The Bertz CT molecular complexity index is 932. The van der Waals surface area contributed by atoms with Gasteiger partial charge < -0.3 is 44.1 Å². The molecule has 2 aliphatic rings. The molecule has 2 aromatic rings. The van der Waals surface area contributed by atoms with Gasteiger partial charge in [0.15, 0.2) is 6.29 Å². The van der Waals surface area contributed by atoms with Gasteiger partial charge in [0.1, 0.15) is 47.4 Å². The number of benzene rings is 2. The van der Waals surface area contributed by atoms with Gasteiger partial charge in [0.05, 0.1) is 32.0 Å². The van der Waals surface area contributed by atoms with Crippen molar-refractivity contribution in [3.05, 3.63) is 47.5 Å². The third-order valence-electron chi connectivity index (χ3n) is 5.92. The van der Waals surface area contributed by atoms with Gasteiger partial charge in [-0.3, -0.25) is 0 Å². The van der Waals surface area contributed by atoms with Crippen LogP contribution < -0.4 is 14.2 Å². The summed E-state index contributed by atoms with van der Waals surface area (Å²) in [6.45, 7) is 1.60. The molecule has 0 saturated carbocycles. The van der Waals surface area contributed by atoms with Gasteiger partial charge in [-0.05, 0) is 24.6 Å². The normalized spacial score (nSPS) is 32.0. The van der Waals surface area contributed by atoms with Gasteiger partial charge in [-0.15, -0.1) is 0 Å². The van der Waals surface area contributed by atoms with E-state index in [1.54, 1.807) is 43.3 Å². The molecule has 4 rings (SSSR count). The van der Waals surface area contributed by atoms with Crippen LogP contribution in [0.2, 0.25) is 0 Å². The van der Waals surface area contributed by atoms with Crippen molar-refractivity contribution < 1.29 is 44.1 Å². The number of methoxy groups -OCH3 is 2. The SMILES string of the molecule is COc1cc(OC)c2c(c1)OC(c1ccc(O)cc1)CC2O[C@@H]1O[C@@H](C)[C@H](O)[C@@H](O)[C@H]1O. The average molecular weight is 448 g/mol. The predicted molar refractivity (Wildman–Crippen MR) is 112 cm³/mol. The Kier molecular flexibility index (Phi) is 6.45. The minimum absolute atomic E-state index is 0.140. The molecule has 32 heavy (non-hydrogen) atoms. The summed E-state index contributed by atoms with van der Waals surface area (Å²) in [5.41, 5.74) is 1.44. The molecule has 2 unspecified atom stereocenters. The lowest BCUT2D eigenvalue weighted by Gasteiger charge is -2.42. The molecule has 2 aliphatic heterocycles. The van der Waals surface area contributed by atoms with Crippen molar-refractivity contribution >= 4 is 0 Å². The zero-order valence-corrected chi connectivity index (χ0v) is 18.0. The van der Waals surface area contributed by atoms with Crippen LogP contribution in [0.4, 0.5) is 0 Å². The number of aliphatic hydroxyl groups is 3. The van der Waals surface area contributed by atoms with Crippen molar-refractivity contribution in [2.24, 2.45) is 0 Å². The lowest BCUT2D eigenvalue weighted by Crippen LogP contribution is -2.57. The van der Waals surface area contributed by atoms with Crippen molar-refractivity contribution in [3.63, 3.8) is 0 Å². The lowest BCUT2D eigenvalue weighted by molar-refractivity contribution is -0.307. The number of hydrogen-bond donors (Lipinski definition) is 4. The number of phenolic OH excluding ortho intramolecular Hbond substituents is 1. The van der Waals surface area contributed by atoms with Gasteiger partial charge in [-0.25, -0.2) is 0 Å². The fraction of sp³-hybridized carbons (Fsp3) is 0.478. The standard InChI is InChI=1S/C23H28O9/c1-11-20(25)21(26)22(27)23(30-11)32-18-10-15(12-4-6-13(24)7-5-12)31-17-9-14(28-2)8-16(29-3)19(17)18/h4-9,11,15,18,20-27H,10H2,1-3H3/t11-,15?,18?,20-,21+,22+,23-/m0/s1. The van der Waals surface area contributed by atoms with Gasteiger partial charge in [-0.2, -0.15) is 0 Å². The Morgan fingerprint density at radius 2 is 1.66 bits per heavy atom. The van der Waals surface area contributed by atoms with Crippen LogP contribution >= 0.6 is 0 Å². The second-order valence-electron chi connectivity index (χ2n) is 7.98. The molecule has 4 N–H and O–H groups in total. The molecular formula is C23H28O9. The maximum absolute atomic E-state index is 10.5. The van der Waals surface area contributed by atoms with Crippen molar-refractivity contribution in [1.82, 2.24) is 0 Å².